The summed E-state index contributed by atoms with van der Waals surface area (Å²) < 4.78 is 5.71. The topological polar surface area (TPSA) is 56.8 Å². The molecule has 0 spiro atoms. The number of piperidine rings is 1. The van der Waals surface area contributed by atoms with E-state index in [0.717, 1.165) is 44.7 Å². The van der Waals surface area contributed by atoms with Gasteiger partial charge in [0.1, 0.15) is 6.23 Å². The zero-order valence-corrected chi connectivity index (χ0v) is 14.7. The van der Waals surface area contributed by atoms with Crippen molar-refractivity contribution in [1.29, 1.82) is 0 Å². The molecule has 0 amide bonds. The van der Waals surface area contributed by atoms with Crippen LogP contribution in [0, 0.1) is 11.8 Å². The van der Waals surface area contributed by atoms with Gasteiger partial charge in [-0.1, -0.05) is 6.92 Å². The average Bonchev–Trinajstić information content (AvgIpc) is 2.47. The maximum atomic E-state index is 10.3. The van der Waals surface area contributed by atoms with Crippen molar-refractivity contribution in [3.63, 3.8) is 0 Å². The van der Waals surface area contributed by atoms with Gasteiger partial charge in [-0.15, -0.1) is 0 Å². The number of fused-ring (bicyclic) bond motifs is 1. The summed E-state index contributed by atoms with van der Waals surface area (Å²) in [5.74, 6) is 1.46. The fraction of sp³-hybridized carbons (Fsp3) is 1.00. The molecule has 3 N–H and O–H groups in total. The molecular weight excluding hydrogens is 278 g/mol. The summed E-state index contributed by atoms with van der Waals surface area (Å²) in [5, 5.41) is 17.4. The highest BCUT2D eigenvalue weighted by Crippen LogP contribution is 2.36. The summed E-state index contributed by atoms with van der Waals surface area (Å²) in [6.07, 6.45) is 4.99. The third-order valence-electron chi connectivity index (χ3n) is 5.51. The van der Waals surface area contributed by atoms with Crippen LogP contribution in [-0.4, -0.2) is 68.7 Å². The number of aliphatic hydroxyl groups excluding tert-OH is 1. The lowest BCUT2D eigenvalue weighted by Gasteiger charge is -2.47. The standard InChI is InChI=1S/C17H35N3O2/c1-12-7-8-18-14-11-16(22-4)15(10-13(12)14)19-17(21)6-5-9-20(2)3/h12-19,21H,5-11H2,1-4H3/t12-,13?,14-,15?,16+,17?/m0/s1. The van der Waals surface area contributed by atoms with Crippen LogP contribution in [0.1, 0.15) is 39.0 Å². The number of nitrogens with one attached hydrogen (secondary N) is 2. The van der Waals surface area contributed by atoms with Crippen molar-refractivity contribution in [3.8, 4) is 0 Å². The van der Waals surface area contributed by atoms with Crippen molar-refractivity contribution in [2.75, 3.05) is 34.3 Å². The Bertz CT molecular complexity index is 327. The molecule has 3 unspecified atom stereocenters. The Morgan fingerprint density at radius 1 is 1.36 bits per heavy atom. The molecule has 1 saturated heterocycles. The smallest absolute Gasteiger partial charge is 0.105 e. The fourth-order valence-corrected chi connectivity index (χ4v) is 4.14. The number of ether oxygens (including phenoxy) is 1. The van der Waals surface area contributed by atoms with Crippen LogP contribution in [0.2, 0.25) is 0 Å². The van der Waals surface area contributed by atoms with E-state index in [4.69, 9.17) is 4.74 Å². The molecule has 5 heteroatoms. The van der Waals surface area contributed by atoms with E-state index in [2.05, 4.69) is 36.6 Å². The van der Waals surface area contributed by atoms with Crippen LogP contribution in [0.3, 0.4) is 0 Å². The minimum absolute atomic E-state index is 0.197. The van der Waals surface area contributed by atoms with Gasteiger partial charge in [0.2, 0.25) is 0 Å². The molecule has 0 aromatic heterocycles. The quantitative estimate of drug-likeness (QED) is 0.613. The number of hydrogen-bond donors (Lipinski definition) is 3. The minimum Gasteiger partial charge on any atom is -0.380 e. The molecule has 1 heterocycles. The molecule has 130 valence electrons. The van der Waals surface area contributed by atoms with E-state index in [1.165, 1.54) is 6.42 Å². The van der Waals surface area contributed by atoms with Gasteiger partial charge in [-0.05, 0) is 71.1 Å². The van der Waals surface area contributed by atoms with Crippen LogP contribution in [-0.2, 0) is 4.74 Å². The lowest BCUT2D eigenvalue weighted by molar-refractivity contribution is -0.0276. The zero-order valence-electron chi connectivity index (χ0n) is 14.7. The first kappa shape index (κ1) is 18.1. The summed E-state index contributed by atoms with van der Waals surface area (Å²) in [6, 6.07) is 0.848. The minimum atomic E-state index is -0.425. The van der Waals surface area contributed by atoms with Crippen molar-refractivity contribution in [2.24, 2.45) is 11.8 Å². The molecule has 2 rings (SSSR count). The van der Waals surface area contributed by atoms with E-state index in [9.17, 15) is 5.11 Å². The SMILES string of the molecule is CO[C@@H]1C[C@@H]2NCC[C@H](C)C2CC1NC(O)CCCN(C)C. The Morgan fingerprint density at radius 3 is 2.82 bits per heavy atom. The summed E-state index contributed by atoms with van der Waals surface area (Å²) in [5.41, 5.74) is 0. The van der Waals surface area contributed by atoms with Crippen LogP contribution in [0.15, 0.2) is 0 Å². The number of nitrogens with zero attached hydrogens (tertiary/aromatic N) is 1. The number of methoxy groups -OCH3 is 1. The van der Waals surface area contributed by atoms with E-state index in [0.29, 0.717) is 12.0 Å². The largest absolute Gasteiger partial charge is 0.380 e. The summed E-state index contributed by atoms with van der Waals surface area (Å²) >= 11 is 0. The van der Waals surface area contributed by atoms with Crippen LogP contribution in [0.5, 0.6) is 0 Å². The summed E-state index contributed by atoms with van der Waals surface area (Å²) in [6.45, 7) is 4.52. The molecule has 2 aliphatic rings. The Balaban J connectivity index is 1.85. The molecule has 2 fully saturated rings. The predicted octanol–water partition coefficient (Wildman–Crippen LogP) is 1.03. The van der Waals surface area contributed by atoms with Gasteiger partial charge in [0, 0.05) is 19.2 Å². The third kappa shape index (κ3) is 4.90. The second-order valence-corrected chi connectivity index (χ2v) is 7.47. The Morgan fingerprint density at radius 2 is 2.14 bits per heavy atom. The molecule has 0 aromatic carbocycles. The molecule has 6 atom stereocenters. The van der Waals surface area contributed by atoms with Crippen LogP contribution in [0.25, 0.3) is 0 Å². The van der Waals surface area contributed by atoms with Gasteiger partial charge in [0.05, 0.1) is 6.10 Å². The first-order valence-electron chi connectivity index (χ1n) is 8.86. The van der Waals surface area contributed by atoms with Crippen LogP contribution in [0.4, 0.5) is 0 Å². The highest BCUT2D eigenvalue weighted by molar-refractivity contribution is 4.97. The maximum absolute atomic E-state index is 10.3. The molecule has 5 nitrogen and oxygen atoms in total. The number of aliphatic hydroxyl groups is 1. The van der Waals surface area contributed by atoms with Gasteiger partial charge in [-0.3, -0.25) is 5.32 Å². The molecule has 0 radical (unpaired) electrons. The molecule has 1 aliphatic carbocycles. The summed E-state index contributed by atoms with van der Waals surface area (Å²) in [7, 11) is 5.93. The number of rotatable bonds is 7. The van der Waals surface area contributed by atoms with E-state index in [1.807, 2.05) is 0 Å². The van der Waals surface area contributed by atoms with Gasteiger partial charge in [-0.2, -0.15) is 0 Å². The van der Waals surface area contributed by atoms with Gasteiger partial charge < -0.3 is 20.1 Å². The summed E-state index contributed by atoms with van der Waals surface area (Å²) in [4.78, 5) is 2.16. The van der Waals surface area contributed by atoms with Crippen molar-refractivity contribution in [2.45, 2.75) is 63.4 Å². The molecule has 0 bridgehead atoms. The molecule has 0 aromatic rings. The first-order chi connectivity index (χ1) is 10.5. The molecular formula is C17H35N3O2. The predicted molar refractivity (Wildman–Crippen MR) is 89.8 cm³/mol. The Kier molecular flexibility index (Phi) is 7.09. The fourth-order valence-electron chi connectivity index (χ4n) is 4.14. The van der Waals surface area contributed by atoms with E-state index < -0.39 is 6.23 Å². The van der Waals surface area contributed by atoms with Gasteiger partial charge in [0.25, 0.3) is 0 Å². The highest BCUT2D eigenvalue weighted by atomic mass is 16.5. The second kappa shape index (κ2) is 8.60. The number of hydrogen-bond acceptors (Lipinski definition) is 5. The van der Waals surface area contributed by atoms with Crippen molar-refractivity contribution in [3.05, 3.63) is 0 Å². The van der Waals surface area contributed by atoms with Crippen molar-refractivity contribution < 1.29 is 9.84 Å². The molecule has 22 heavy (non-hydrogen) atoms. The maximum Gasteiger partial charge on any atom is 0.105 e. The van der Waals surface area contributed by atoms with Crippen molar-refractivity contribution in [1.82, 2.24) is 15.5 Å². The van der Waals surface area contributed by atoms with Crippen LogP contribution >= 0.6 is 0 Å². The van der Waals surface area contributed by atoms with Gasteiger partial charge in [0.15, 0.2) is 0 Å². The Hall–Kier alpha value is -0.200. The zero-order chi connectivity index (χ0) is 16.1. The first-order valence-corrected chi connectivity index (χ1v) is 8.86. The lowest BCUT2D eigenvalue weighted by atomic mass is 9.71. The second-order valence-electron chi connectivity index (χ2n) is 7.47. The lowest BCUT2D eigenvalue weighted by Crippen LogP contribution is -2.58. The normalized spacial score (nSPS) is 37.1. The monoisotopic (exact) mass is 313 g/mol. The van der Waals surface area contributed by atoms with E-state index >= 15 is 0 Å². The Labute approximate surface area is 135 Å². The van der Waals surface area contributed by atoms with Crippen LogP contribution < -0.4 is 10.6 Å². The van der Waals surface area contributed by atoms with Crippen molar-refractivity contribution >= 4 is 0 Å². The molecule has 1 saturated carbocycles. The highest BCUT2D eigenvalue weighted by Gasteiger charge is 2.41. The van der Waals surface area contributed by atoms with Gasteiger partial charge >= 0.3 is 0 Å². The van der Waals surface area contributed by atoms with E-state index in [1.54, 1.807) is 7.11 Å². The van der Waals surface area contributed by atoms with E-state index in [-0.39, 0.29) is 12.1 Å². The third-order valence-corrected chi connectivity index (χ3v) is 5.51. The average molecular weight is 313 g/mol. The van der Waals surface area contributed by atoms with Gasteiger partial charge in [-0.25, -0.2) is 0 Å². The molecule has 1 aliphatic heterocycles.